The third kappa shape index (κ3) is 2.57. The fourth-order valence-electron chi connectivity index (χ4n) is 2.05. The van der Waals surface area contributed by atoms with E-state index in [1.54, 1.807) is 6.92 Å². The Morgan fingerprint density at radius 2 is 1.80 bits per heavy atom. The minimum absolute atomic E-state index is 0.152. The molecule has 2 rings (SSSR count). The summed E-state index contributed by atoms with van der Waals surface area (Å²) in [6, 6.07) is 3.16. The van der Waals surface area contributed by atoms with E-state index in [0.29, 0.717) is 10.9 Å². The van der Waals surface area contributed by atoms with Crippen molar-refractivity contribution in [3.8, 4) is 0 Å². The van der Waals surface area contributed by atoms with Crippen LogP contribution in [0.5, 0.6) is 0 Å². The molecule has 0 spiro atoms. The molecule has 2 aromatic rings. The first-order valence-electron chi connectivity index (χ1n) is 5.78. The van der Waals surface area contributed by atoms with E-state index >= 15 is 0 Å². The van der Waals surface area contributed by atoms with Gasteiger partial charge in [0.25, 0.3) is 0 Å². The van der Waals surface area contributed by atoms with Gasteiger partial charge in [-0.2, -0.15) is 0 Å². The number of aryl methyl sites for hydroxylation is 2. The first-order valence-corrected chi connectivity index (χ1v) is 6.60. The molecule has 0 saturated heterocycles. The fourth-order valence-corrected chi connectivity index (χ4v) is 3.09. The Kier molecular flexibility index (Phi) is 3.87. The number of carboxylic acid groups (broad SMARTS) is 1. The summed E-state index contributed by atoms with van der Waals surface area (Å²) in [5.41, 5.74) is 0.185. The standard InChI is InChI=1S/C14H12F2O3S/c1-6-3-7(2)20-13(6)12(17)8-4-10(15)11(16)5-9(8)14(18)19/h3-5,12,17H,1-2H3,(H,18,19). The second kappa shape index (κ2) is 5.30. The number of aliphatic hydroxyl groups is 1. The van der Waals surface area contributed by atoms with Gasteiger partial charge in [0, 0.05) is 15.3 Å². The van der Waals surface area contributed by atoms with Gasteiger partial charge in [0.1, 0.15) is 6.10 Å². The van der Waals surface area contributed by atoms with Crippen LogP contribution in [-0.2, 0) is 0 Å². The Morgan fingerprint density at radius 1 is 1.20 bits per heavy atom. The highest BCUT2D eigenvalue weighted by Gasteiger charge is 2.24. The number of aliphatic hydroxyl groups excluding tert-OH is 1. The maximum Gasteiger partial charge on any atom is 0.336 e. The van der Waals surface area contributed by atoms with E-state index in [-0.39, 0.29) is 5.56 Å². The Morgan fingerprint density at radius 3 is 2.30 bits per heavy atom. The number of carboxylic acids is 1. The topological polar surface area (TPSA) is 57.5 Å². The highest BCUT2D eigenvalue weighted by molar-refractivity contribution is 7.12. The average molecular weight is 298 g/mol. The molecule has 0 aliphatic carbocycles. The summed E-state index contributed by atoms with van der Waals surface area (Å²) in [6.07, 6.45) is -1.30. The van der Waals surface area contributed by atoms with Crippen LogP contribution in [0.1, 0.15) is 37.3 Å². The van der Waals surface area contributed by atoms with Crippen molar-refractivity contribution in [3.05, 3.63) is 56.3 Å². The average Bonchev–Trinajstić information content (AvgIpc) is 2.70. The molecule has 0 radical (unpaired) electrons. The third-order valence-electron chi connectivity index (χ3n) is 2.95. The van der Waals surface area contributed by atoms with Gasteiger partial charge in [0.15, 0.2) is 11.6 Å². The van der Waals surface area contributed by atoms with Gasteiger partial charge in [0.05, 0.1) is 5.56 Å². The normalized spacial score (nSPS) is 12.4. The lowest BCUT2D eigenvalue weighted by atomic mass is 9.99. The van der Waals surface area contributed by atoms with Crippen molar-refractivity contribution in [1.82, 2.24) is 0 Å². The van der Waals surface area contributed by atoms with E-state index in [1.807, 2.05) is 13.0 Å². The lowest BCUT2D eigenvalue weighted by Crippen LogP contribution is -2.10. The number of benzene rings is 1. The number of carbonyl (C=O) groups is 1. The fraction of sp³-hybridized carbons (Fsp3) is 0.214. The molecule has 6 heteroatoms. The van der Waals surface area contributed by atoms with Gasteiger partial charge in [-0.15, -0.1) is 11.3 Å². The molecule has 1 heterocycles. The number of hydrogen-bond acceptors (Lipinski definition) is 3. The summed E-state index contributed by atoms with van der Waals surface area (Å²) in [5.74, 6) is -3.85. The lowest BCUT2D eigenvalue weighted by molar-refractivity contribution is 0.0690. The Hall–Kier alpha value is -1.79. The van der Waals surface area contributed by atoms with Crippen LogP contribution in [0.4, 0.5) is 8.78 Å². The van der Waals surface area contributed by atoms with Gasteiger partial charge in [0.2, 0.25) is 0 Å². The van der Waals surface area contributed by atoms with Crippen molar-refractivity contribution >= 4 is 17.3 Å². The van der Waals surface area contributed by atoms with Crippen LogP contribution >= 0.6 is 11.3 Å². The zero-order chi connectivity index (χ0) is 15.0. The van der Waals surface area contributed by atoms with Crippen molar-refractivity contribution in [3.63, 3.8) is 0 Å². The van der Waals surface area contributed by atoms with Crippen molar-refractivity contribution in [2.24, 2.45) is 0 Å². The molecule has 0 aliphatic heterocycles. The molecule has 0 amide bonds. The van der Waals surface area contributed by atoms with Crippen LogP contribution in [0.2, 0.25) is 0 Å². The van der Waals surface area contributed by atoms with E-state index in [9.17, 15) is 18.7 Å². The van der Waals surface area contributed by atoms with Crippen LogP contribution < -0.4 is 0 Å². The van der Waals surface area contributed by atoms with Crippen LogP contribution in [0.25, 0.3) is 0 Å². The van der Waals surface area contributed by atoms with Crippen molar-refractivity contribution in [1.29, 1.82) is 0 Å². The molecular formula is C14H12F2O3S. The molecule has 1 unspecified atom stereocenters. The van der Waals surface area contributed by atoms with E-state index in [0.717, 1.165) is 16.5 Å². The quantitative estimate of drug-likeness (QED) is 0.913. The van der Waals surface area contributed by atoms with Gasteiger partial charge >= 0.3 is 5.97 Å². The van der Waals surface area contributed by atoms with Crippen LogP contribution in [0.3, 0.4) is 0 Å². The van der Waals surface area contributed by atoms with Crippen LogP contribution in [-0.4, -0.2) is 16.2 Å². The van der Waals surface area contributed by atoms with Gasteiger partial charge in [-0.25, -0.2) is 13.6 Å². The number of halogens is 2. The second-order valence-corrected chi connectivity index (χ2v) is 5.75. The molecule has 0 saturated carbocycles. The molecule has 0 fully saturated rings. The van der Waals surface area contributed by atoms with Crippen LogP contribution in [0, 0.1) is 25.5 Å². The Balaban J connectivity index is 2.59. The molecular weight excluding hydrogens is 286 g/mol. The number of thiophene rings is 1. The molecule has 1 aromatic heterocycles. The molecule has 1 atom stereocenters. The summed E-state index contributed by atoms with van der Waals surface area (Å²) >= 11 is 1.29. The van der Waals surface area contributed by atoms with Gasteiger partial charge in [-0.1, -0.05) is 0 Å². The zero-order valence-electron chi connectivity index (χ0n) is 10.8. The summed E-state index contributed by atoms with van der Waals surface area (Å²) in [7, 11) is 0. The highest BCUT2D eigenvalue weighted by Crippen LogP contribution is 2.34. The Bertz CT molecular complexity index is 679. The predicted octanol–water partition coefficient (Wildman–Crippen LogP) is 3.42. The number of aromatic carboxylic acids is 1. The SMILES string of the molecule is Cc1cc(C)c(C(O)c2cc(F)c(F)cc2C(=O)O)s1. The lowest BCUT2D eigenvalue weighted by Gasteiger charge is -2.14. The van der Waals surface area contributed by atoms with Crippen molar-refractivity contribution in [2.45, 2.75) is 20.0 Å². The largest absolute Gasteiger partial charge is 0.478 e. The molecule has 20 heavy (non-hydrogen) atoms. The van der Waals surface area contributed by atoms with Gasteiger partial charge < -0.3 is 10.2 Å². The van der Waals surface area contributed by atoms with Crippen molar-refractivity contribution in [2.75, 3.05) is 0 Å². The minimum Gasteiger partial charge on any atom is -0.478 e. The summed E-state index contributed by atoms with van der Waals surface area (Å²) in [5, 5.41) is 19.3. The summed E-state index contributed by atoms with van der Waals surface area (Å²) in [4.78, 5) is 12.6. The molecule has 3 nitrogen and oxygen atoms in total. The molecule has 0 bridgehead atoms. The zero-order valence-corrected chi connectivity index (χ0v) is 11.6. The highest BCUT2D eigenvalue weighted by atomic mass is 32.1. The maximum atomic E-state index is 13.3. The molecule has 2 N–H and O–H groups in total. The van der Waals surface area contributed by atoms with Gasteiger partial charge in [-0.3, -0.25) is 0 Å². The third-order valence-corrected chi connectivity index (χ3v) is 4.15. The predicted molar refractivity (Wildman–Crippen MR) is 71.2 cm³/mol. The summed E-state index contributed by atoms with van der Waals surface area (Å²) in [6.45, 7) is 3.61. The summed E-state index contributed by atoms with van der Waals surface area (Å²) < 4.78 is 26.5. The number of rotatable bonds is 3. The Labute approximate surface area is 118 Å². The molecule has 1 aromatic carbocycles. The van der Waals surface area contributed by atoms with E-state index in [1.165, 1.54) is 11.3 Å². The smallest absolute Gasteiger partial charge is 0.336 e. The molecule has 106 valence electrons. The first kappa shape index (κ1) is 14.6. The first-order chi connectivity index (χ1) is 9.31. The van der Waals surface area contributed by atoms with Crippen molar-refractivity contribution < 1.29 is 23.8 Å². The number of hydrogen-bond donors (Lipinski definition) is 2. The molecule has 0 aliphatic rings. The minimum atomic E-state index is -1.41. The second-order valence-electron chi connectivity index (χ2n) is 4.47. The van der Waals surface area contributed by atoms with Gasteiger partial charge in [-0.05, 0) is 37.6 Å². The maximum absolute atomic E-state index is 13.3. The van der Waals surface area contributed by atoms with Crippen LogP contribution in [0.15, 0.2) is 18.2 Å². The van der Waals surface area contributed by atoms with E-state index in [4.69, 9.17) is 5.11 Å². The monoisotopic (exact) mass is 298 g/mol. The van der Waals surface area contributed by atoms with E-state index < -0.39 is 29.3 Å². The van der Waals surface area contributed by atoms with E-state index in [2.05, 4.69) is 0 Å².